The zero-order chi connectivity index (χ0) is 19.1. The number of amides is 1. The van der Waals surface area contributed by atoms with Gasteiger partial charge in [0.15, 0.2) is 11.5 Å². The molecule has 1 saturated carbocycles. The van der Waals surface area contributed by atoms with Gasteiger partial charge in [-0.15, -0.1) is 0 Å². The predicted molar refractivity (Wildman–Crippen MR) is 92.4 cm³/mol. The SMILES string of the molecule is C[C@@H]1[C@H]2Cc3cc4nc(C5CC5)oc4cc3C1(C)CCN2C(=O)C(F)(F)F. The van der Waals surface area contributed by atoms with E-state index in [2.05, 4.69) is 11.9 Å². The van der Waals surface area contributed by atoms with Crippen LogP contribution in [0.25, 0.3) is 11.1 Å². The summed E-state index contributed by atoms with van der Waals surface area (Å²) in [6, 6.07) is 3.55. The molecular weight excluding hydrogens is 357 g/mol. The van der Waals surface area contributed by atoms with Crippen LogP contribution in [0.3, 0.4) is 0 Å². The van der Waals surface area contributed by atoms with Crippen molar-refractivity contribution in [2.45, 2.75) is 63.1 Å². The van der Waals surface area contributed by atoms with Gasteiger partial charge in [0.1, 0.15) is 5.52 Å². The van der Waals surface area contributed by atoms with E-state index in [9.17, 15) is 18.0 Å². The van der Waals surface area contributed by atoms with Gasteiger partial charge in [-0.1, -0.05) is 13.8 Å². The fraction of sp³-hybridized carbons (Fsp3) is 0.600. The van der Waals surface area contributed by atoms with Gasteiger partial charge in [-0.25, -0.2) is 4.98 Å². The van der Waals surface area contributed by atoms with Gasteiger partial charge in [0.2, 0.25) is 0 Å². The number of oxazole rings is 1. The largest absolute Gasteiger partial charge is 0.471 e. The highest BCUT2D eigenvalue weighted by molar-refractivity contribution is 5.83. The standard InChI is InChI=1S/C20H21F3N2O2/c1-10-15-8-12-7-14-16(27-17(24-14)11-3-4-11)9-13(12)19(10,2)5-6-25(15)18(26)20(21,22)23/h7,9-11,15H,3-6,8H2,1-2H3/t10-,15-,19?/m1/s1. The number of halogens is 3. The maximum absolute atomic E-state index is 13.1. The van der Waals surface area contributed by atoms with Crippen molar-refractivity contribution in [1.82, 2.24) is 9.88 Å². The summed E-state index contributed by atoms with van der Waals surface area (Å²) in [6.07, 6.45) is -1.71. The van der Waals surface area contributed by atoms with Crippen molar-refractivity contribution in [1.29, 1.82) is 0 Å². The molecule has 4 nitrogen and oxygen atoms in total. The number of likely N-dealkylation sites (tertiary alicyclic amines) is 1. The Morgan fingerprint density at radius 1 is 1.33 bits per heavy atom. The minimum Gasteiger partial charge on any atom is -0.440 e. The summed E-state index contributed by atoms with van der Waals surface area (Å²) in [6.45, 7) is 4.19. The van der Waals surface area contributed by atoms with Crippen molar-refractivity contribution in [3.8, 4) is 0 Å². The van der Waals surface area contributed by atoms with Crippen LogP contribution in [-0.2, 0) is 16.6 Å². The van der Waals surface area contributed by atoms with Crippen LogP contribution in [0.4, 0.5) is 13.2 Å². The van der Waals surface area contributed by atoms with Crippen molar-refractivity contribution < 1.29 is 22.4 Å². The number of fused-ring (bicyclic) bond motifs is 5. The maximum Gasteiger partial charge on any atom is 0.471 e. The summed E-state index contributed by atoms with van der Waals surface area (Å²) < 4.78 is 45.1. The van der Waals surface area contributed by atoms with Crippen LogP contribution >= 0.6 is 0 Å². The van der Waals surface area contributed by atoms with E-state index in [1.165, 1.54) is 0 Å². The van der Waals surface area contributed by atoms with Gasteiger partial charge >= 0.3 is 12.1 Å². The lowest BCUT2D eigenvalue weighted by Crippen LogP contribution is -2.61. The molecule has 0 radical (unpaired) electrons. The number of alkyl halides is 3. The fourth-order valence-electron chi connectivity index (χ4n) is 4.99. The van der Waals surface area contributed by atoms with Crippen molar-refractivity contribution in [3.05, 3.63) is 29.2 Å². The zero-order valence-corrected chi connectivity index (χ0v) is 15.3. The monoisotopic (exact) mass is 378 g/mol. The summed E-state index contributed by atoms with van der Waals surface area (Å²) in [5.41, 5.74) is 3.37. The zero-order valence-electron chi connectivity index (χ0n) is 15.3. The molecule has 1 unspecified atom stereocenters. The van der Waals surface area contributed by atoms with E-state index in [0.717, 1.165) is 45.9 Å². The molecule has 0 spiro atoms. The molecule has 0 N–H and O–H groups in total. The van der Waals surface area contributed by atoms with Gasteiger partial charge in [-0.3, -0.25) is 4.79 Å². The Bertz CT molecular complexity index is 947. The number of nitrogens with zero attached hydrogens (tertiary/aromatic N) is 2. The van der Waals surface area contributed by atoms with E-state index in [0.29, 0.717) is 18.8 Å². The van der Waals surface area contributed by atoms with Crippen LogP contribution in [0, 0.1) is 5.92 Å². The van der Waals surface area contributed by atoms with E-state index in [4.69, 9.17) is 4.42 Å². The molecule has 2 aliphatic carbocycles. The highest BCUT2D eigenvalue weighted by atomic mass is 19.4. The van der Waals surface area contributed by atoms with Gasteiger partial charge in [-0.2, -0.15) is 13.2 Å². The molecule has 1 aliphatic heterocycles. The van der Waals surface area contributed by atoms with Crippen molar-refractivity contribution >= 4 is 17.0 Å². The van der Waals surface area contributed by atoms with Gasteiger partial charge in [0.05, 0.1) is 0 Å². The molecule has 144 valence electrons. The maximum atomic E-state index is 13.1. The number of carbonyl (C=O) groups excluding carboxylic acids is 1. The molecule has 1 aromatic carbocycles. The molecule has 5 rings (SSSR count). The van der Waals surface area contributed by atoms with Crippen molar-refractivity contribution in [2.75, 3.05) is 6.54 Å². The molecular formula is C20H21F3N2O2. The number of aromatic nitrogens is 1. The van der Waals surface area contributed by atoms with Crippen LogP contribution in [-0.4, -0.2) is 34.6 Å². The smallest absolute Gasteiger partial charge is 0.440 e. The lowest BCUT2D eigenvalue weighted by atomic mass is 9.59. The lowest BCUT2D eigenvalue weighted by molar-refractivity contribution is -0.192. The molecule has 7 heteroatoms. The normalized spacial score (nSPS) is 30.5. The second kappa shape index (κ2) is 5.26. The molecule has 2 heterocycles. The molecule has 1 amide bonds. The fourth-order valence-corrected chi connectivity index (χ4v) is 4.99. The number of hydrogen-bond donors (Lipinski definition) is 0. The Balaban J connectivity index is 1.59. The third-order valence-corrected chi connectivity index (χ3v) is 6.96. The van der Waals surface area contributed by atoms with Gasteiger partial charge in [-0.05, 0) is 60.3 Å². The Kier molecular flexibility index (Phi) is 3.33. The minimum atomic E-state index is -4.83. The van der Waals surface area contributed by atoms with Crippen LogP contribution in [0.5, 0.6) is 0 Å². The summed E-state index contributed by atoms with van der Waals surface area (Å²) in [4.78, 5) is 17.6. The Morgan fingerprint density at radius 3 is 2.74 bits per heavy atom. The summed E-state index contributed by atoms with van der Waals surface area (Å²) in [7, 11) is 0. The van der Waals surface area contributed by atoms with E-state index in [1.807, 2.05) is 19.1 Å². The molecule has 1 saturated heterocycles. The first-order valence-electron chi connectivity index (χ1n) is 9.50. The number of benzene rings is 1. The molecule has 2 bridgehead atoms. The van der Waals surface area contributed by atoms with Crippen molar-refractivity contribution in [2.24, 2.45) is 5.92 Å². The number of hydrogen-bond acceptors (Lipinski definition) is 3. The highest BCUT2D eigenvalue weighted by Gasteiger charge is 2.54. The Labute approximate surface area is 154 Å². The van der Waals surface area contributed by atoms with Gasteiger partial charge < -0.3 is 9.32 Å². The number of piperidine rings is 1. The van der Waals surface area contributed by atoms with E-state index in [-0.39, 0.29) is 17.9 Å². The molecule has 27 heavy (non-hydrogen) atoms. The molecule has 3 atom stereocenters. The summed E-state index contributed by atoms with van der Waals surface area (Å²) in [5, 5.41) is 0. The molecule has 1 aromatic heterocycles. The van der Waals surface area contributed by atoms with Crippen molar-refractivity contribution in [3.63, 3.8) is 0 Å². The van der Waals surface area contributed by atoms with Crippen LogP contribution < -0.4 is 0 Å². The molecule has 2 fully saturated rings. The van der Waals surface area contributed by atoms with E-state index in [1.54, 1.807) is 0 Å². The van der Waals surface area contributed by atoms with E-state index < -0.39 is 18.1 Å². The van der Waals surface area contributed by atoms with Crippen LogP contribution in [0.15, 0.2) is 16.5 Å². The summed E-state index contributed by atoms with van der Waals surface area (Å²) >= 11 is 0. The van der Waals surface area contributed by atoms with E-state index >= 15 is 0 Å². The lowest BCUT2D eigenvalue weighted by Gasteiger charge is -2.54. The Morgan fingerprint density at radius 2 is 2.07 bits per heavy atom. The summed E-state index contributed by atoms with van der Waals surface area (Å²) in [5.74, 6) is -0.609. The first kappa shape index (κ1) is 17.1. The Hall–Kier alpha value is -2.05. The quantitative estimate of drug-likeness (QED) is 0.743. The first-order valence-corrected chi connectivity index (χ1v) is 9.50. The van der Waals surface area contributed by atoms with Crippen LogP contribution in [0.1, 0.15) is 56.0 Å². The number of carbonyl (C=O) groups is 1. The molecule has 2 aromatic rings. The predicted octanol–water partition coefficient (Wildman–Crippen LogP) is 4.32. The highest BCUT2D eigenvalue weighted by Crippen LogP contribution is 2.50. The minimum absolute atomic E-state index is 0.0617. The van der Waals surface area contributed by atoms with Gasteiger partial charge in [0, 0.05) is 18.5 Å². The van der Waals surface area contributed by atoms with Gasteiger partial charge in [0.25, 0.3) is 0 Å². The number of rotatable bonds is 1. The topological polar surface area (TPSA) is 46.3 Å². The second-order valence-electron chi connectivity index (χ2n) is 8.53. The third kappa shape index (κ3) is 2.43. The molecule has 3 aliphatic rings. The average Bonchev–Trinajstić information content (AvgIpc) is 3.36. The van der Waals surface area contributed by atoms with Crippen LogP contribution in [0.2, 0.25) is 0 Å². The average molecular weight is 378 g/mol. The first-order chi connectivity index (χ1) is 12.7. The second-order valence-corrected chi connectivity index (χ2v) is 8.53. The third-order valence-electron chi connectivity index (χ3n) is 6.96.